The Morgan fingerprint density at radius 2 is 1.93 bits per heavy atom. The van der Waals surface area contributed by atoms with E-state index in [1.54, 1.807) is 4.90 Å². The van der Waals surface area contributed by atoms with Crippen LogP contribution in [0.2, 0.25) is 0 Å². The molecule has 15 heavy (non-hydrogen) atoms. The molecule has 0 rings (SSSR count). The second-order valence-electron chi connectivity index (χ2n) is 4.16. The average Bonchev–Trinajstić information content (AvgIpc) is 2.17. The molecule has 0 saturated carbocycles. The van der Waals surface area contributed by atoms with Crippen molar-refractivity contribution >= 4 is 5.91 Å². The predicted molar refractivity (Wildman–Crippen MR) is 63.7 cm³/mol. The van der Waals surface area contributed by atoms with Crippen molar-refractivity contribution in [3.8, 4) is 0 Å². The van der Waals surface area contributed by atoms with E-state index in [1.807, 2.05) is 20.9 Å². The molecule has 0 aliphatic carbocycles. The highest BCUT2D eigenvalue weighted by Crippen LogP contribution is 1.98. The lowest BCUT2D eigenvalue weighted by Crippen LogP contribution is -2.43. The van der Waals surface area contributed by atoms with Crippen molar-refractivity contribution in [2.24, 2.45) is 5.73 Å². The van der Waals surface area contributed by atoms with Gasteiger partial charge in [0.15, 0.2) is 0 Å². The Morgan fingerprint density at radius 3 is 2.33 bits per heavy atom. The highest BCUT2D eigenvalue weighted by atomic mass is 16.2. The van der Waals surface area contributed by atoms with E-state index < -0.39 is 0 Å². The monoisotopic (exact) mass is 215 g/mol. The Kier molecular flexibility index (Phi) is 7.34. The SMILES string of the molecule is CCCN(CCN)CC(=O)N(C)C(C)C. The Bertz CT molecular complexity index is 177. The number of amides is 1. The normalized spacial score (nSPS) is 11.1. The third-order valence-corrected chi connectivity index (χ3v) is 2.51. The van der Waals surface area contributed by atoms with Gasteiger partial charge in [-0.05, 0) is 26.8 Å². The molecule has 4 heteroatoms. The highest BCUT2D eigenvalue weighted by Gasteiger charge is 2.15. The molecule has 0 radical (unpaired) electrons. The van der Waals surface area contributed by atoms with E-state index in [0.29, 0.717) is 13.1 Å². The summed E-state index contributed by atoms with van der Waals surface area (Å²) < 4.78 is 0. The Balaban J connectivity index is 4.09. The smallest absolute Gasteiger partial charge is 0.236 e. The van der Waals surface area contributed by atoms with Gasteiger partial charge in [0, 0.05) is 26.2 Å². The number of rotatable bonds is 7. The maximum atomic E-state index is 11.8. The summed E-state index contributed by atoms with van der Waals surface area (Å²) >= 11 is 0. The molecule has 0 saturated heterocycles. The van der Waals surface area contributed by atoms with E-state index in [2.05, 4.69) is 11.8 Å². The number of hydrogen-bond acceptors (Lipinski definition) is 3. The first kappa shape index (κ1) is 14.4. The molecule has 0 spiro atoms. The number of hydrogen-bond donors (Lipinski definition) is 1. The maximum absolute atomic E-state index is 11.8. The van der Waals surface area contributed by atoms with Gasteiger partial charge in [0.1, 0.15) is 0 Å². The minimum atomic E-state index is 0.173. The van der Waals surface area contributed by atoms with Crippen LogP contribution in [0.1, 0.15) is 27.2 Å². The fourth-order valence-corrected chi connectivity index (χ4v) is 1.36. The van der Waals surface area contributed by atoms with Gasteiger partial charge < -0.3 is 10.6 Å². The molecule has 90 valence electrons. The number of nitrogens with two attached hydrogens (primary N) is 1. The van der Waals surface area contributed by atoms with E-state index in [9.17, 15) is 4.79 Å². The first-order chi connectivity index (χ1) is 7.02. The molecule has 0 aliphatic heterocycles. The molecule has 2 N–H and O–H groups in total. The zero-order valence-electron chi connectivity index (χ0n) is 10.5. The molecule has 0 unspecified atom stereocenters. The van der Waals surface area contributed by atoms with Crippen LogP contribution in [0.4, 0.5) is 0 Å². The van der Waals surface area contributed by atoms with Crippen molar-refractivity contribution in [1.29, 1.82) is 0 Å². The molecular formula is C11H25N3O. The van der Waals surface area contributed by atoms with Crippen LogP contribution in [-0.2, 0) is 4.79 Å². The van der Waals surface area contributed by atoms with Crippen molar-refractivity contribution in [3.05, 3.63) is 0 Å². The molecule has 0 aromatic carbocycles. The van der Waals surface area contributed by atoms with Crippen LogP contribution >= 0.6 is 0 Å². The first-order valence-corrected chi connectivity index (χ1v) is 5.71. The highest BCUT2D eigenvalue weighted by molar-refractivity contribution is 5.78. The predicted octanol–water partition coefficient (Wildman–Crippen LogP) is 0.524. The van der Waals surface area contributed by atoms with Crippen LogP contribution in [-0.4, -0.2) is 55.0 Å². The summed E-state index contributed by atoms with van der Waals surface area (Å²) in [6, 6.07) is 0.263. The summed E-state index contributed by atoms with van der Waals surface area (Å²) in [6.07, 6.45) is 1.05. The van der Waals surface area contributed by atoms with Crippen molar-refractivity contribution < 1.29 is 4.79 Å². The summed E-state index contributed by atoms with van der Waals surface area (Å²) in [5.74, 6) is 0.173. The third-order valence-electron chi connectivity index (χ3n) is 2.51. The Morgan fingerprint density at radius 1 is 1.33 bits per heavy atom. The minimum absolute atomic E-state index is 0.173. The van der Waals surface area contributed by atoms with Crippen LogP contribution in [0.15, 0.2) is 0 Å². The van der Waals surface area contributed by atoms with E-state index >= 15 is 0 Å². The molecule has 1 amide bonds. The summed E-state index contributed by atoms with van der Waals surface area (Å²) in [7, 11) is 1.85. The maximum Gasteiger partial charge on any atom is 0.236 e. The van der Waals surface area contributed by atoms with Crippen LogP contribution in [0.5, 0.6) is 0 Å². The van der Waals surface area contributed by atoms with Crippen LogP contribution in [0.25, 0.3) is 0 Å². The van der Waals surface area contributed by atoms with Gasteiger partial charge in [0.05, 0.1) is 6.54 Å². The lowest BCUT2D eigenvalue weighted by molar-refractivity contribution is -0.132. The van der Waals surface area contributed by atoms with Gasteiger partial charge in [0.2, 0.25) is 5.91 Å². The fourth-order valence-electron chi connectivity index (χ4n) is 1.36. The summed E-state index contributed by atoms with van der Waals surface area (Å²) in [4.78, 5) is 15.7. The molecule has 0 fully saturated rings. The average molecular weight is 215 g/mol. The van der Waals surface area contributed by atoms with Crippen LogP contribution < -0.4 is 5.73 Å². The number of likely N-dealkylation sites (N-methyl/N-ethyl adjacent to an activating group) is 1. The minimum Gasteiger partial charge on any atom is -0.342 e. The molecule has 0 aromatic heterocycles. The van der Waals surface area contributed by atoms with E-state index in [0.717, 1.165) is 19.5 Å². The molecule has 0 aromatic rings. The molecule has 0 aliphatic rings. The largest absolute Gasteiger partial charge is 0.342 e. The first-order valence-electron chi connectivity index (χ1n) is 5.71. The van der Waals surface area contributed by atoms with Crippen molar-refractivity contribution in [3.63, 3.8) is 0 Å². The number of carbonyl (C=O) groups excluding carboxylic acids is 1. The van der Waals surface area contributed by atoms with Gasteiger partial charge in [-0.3, -0.25) is 9.69 Å². The van der Waals surface area contributed by atoms with Crippen molar-refractivity contribution in [1.82, 2.24) is 9.80 Å². The zero-order chi connectivity index (χ0) is 11.8. The Labute approximate surface area is 93.4 Å². The molecule has 4 nitrogen and oxygen atoms in total. The lowest BCUT2D eigenvalue weighted by Gasteiger charge is -2.26. The fraction of sp³-hybridized carbons (Fsp3) is 0.909. The Hall–Kier alpha value is -0.610. The molecule has 0 atom stereocenters. The van der Waals surface area contributed by atoms with Crippen LogP contribution in [0.3, 0.4) is 0 Å². The van der Waals surface area contributed by atoms with Gasteiger partial charge in [-0.2, -0.15) is 0 Å². The summed E-state index contributed by atoms with van der Waals surface area (Å²) in [6.45, 7) is 8.98. The quantitative estimate of drug-likeness (QED) is 0.674. The lowest BCUT2D eigenvalue weighted by atomic mass is 10.3. The number of nitrogens with zero attached hydrogens (tertiary/aromatic N) is 2. The van der Waals surface area contributed by atoms with E-state index in [4.69, 9.17) is 5.73 Å². The second-order valence-corrected chi connectivity index (χ2v) is 4.16. The van der Waals surface area contributed by atoms with Gasteiger partial charge in [-0.25, -0.2) is 0 Å². The van der Waals surface area contributed by atoms with Gasteiger partial charge in [0.25, 0.3) is 0 Å². The standard InChI is InChI=1S/C11H25N3O/c1-5-7-14(8-6-12)9-11(15)13(4)10(2)3/h10H,5-9,12H2,1-4H3. The van der Waals surface area contributed by atoms with Crippen molar-refractivity contribution in [2.45, 2.75) is 33.2 Å². The van der Waals surface area contributed by atoms with Gasteiger partial charge in [-0.1, -0.05) is 6.92 Å². The van der Waals surface area contributed by atoms with Crippen LogP contribution in [0, 0.1) is 0 Å². The number of carbonyl (C=O) groups is 1. The molecule has 0 bridgehead atoms. The van der Waals surface area contributed by atoms with Gasteiger partial charge in [-0.15, -0.1) is 0 Å². The summed E-state index contributed by atoms with van der Waals surface area (Å²) in [5, 5.41) is 0. The molecular weight excluding hydrogens is 190 g/mol. The topological polar surface area (TPSA) is 49.6 Å². The third kappa shape index (κ3) is 5.74. The van der Waals surface area contributed by atoms with E-state index in [1.165, 1.54) is 0 Å². The zero-order valence-corrected chi connectivity index (χ0v) is 10.5. The summed E-state index contributed by atoms with van der Waals surface area (Å²) in [5.41, 5.74) is 5.50. The molecule has 0 heterocycles. The van der Waals surface area contributed by atoms with Crippen molar-refractivity contribution in [2.75, 3.05) is 33.2 Å². The second kappa shape index (κ2) is 7.65. The van der Waals surface area contributed by atoms with E-state index in [-0.39, 0.29) is 11.9 Å². The van der Waals surface area contributed by atoms with Gasteiger partial charge >= 0.3 is 0 Å².